The Morgan fingerprint density at radius 1 is 0.465 bits per heavy atom. The predicted molar refractivity (Wildman–Crippen MR) is 177 cm³/mol. The van der Waals surface area contributed by atoms with Crippen LogP contribution in [0.5, 0.6) is 0 Å². The van der Waals surface area contributed by atoms with Gasteiger partial charge in [0.15, 0.2) is 0 Å². The first-order valence-corrected chi connectivity index (χ1v) is 14.9. The van der Waals surface area contributed by atoms with Crippen LogP contribution in [0.15, 0.2) is 121 Å². The summed E-state index contributed by atoms with van der Waals surface area (Å²) in [4.78, 5) is 0. The molecule has 198 valence electrons. The second kappa shape index (κ2) is 8.81. The lowest BCUT2D eigenvalue weighted by Crippen LogP contribution is -1.95. The number of para-hydroxylation sites is 2. The zero-order chi connectivity index (χ0) is 28.7. The van der Waals surface area contributed by atoms with Gasteiger partial charge in [0.25, 0.3) is 0 Å². The van der Waals surface area contributed by atoms with E-state index in [1.165, 1.54) is 20.2 Å². The number of thiophene rings is 1. The predicted octanol–water partition coefficient (Wildman–Crippen LogP) is 9.99. The van der Waals surface area contributed by atoms with Crippen molar-refractivity contribution in [2.24, 2.45) is 0 Å². The number of fused-ring (bicyclic) bond motifs is 9. The Morgan fingerprint density at radius 3 is 1.60 bits per heavy atom. The standard InChI is InChI=1S/C38H20N4S/c39-21-23-15-17-32-28(19-23)25-7-1-3-10-30(25)41(32)34-12-6-14-36-37(34)27-9-5-13-35(38(27)43-36)42-31-11-4-2-8-26(31)29-20-24(22-40)16-18-33(29)42/h1-20H. The first-order chi connectivity index (χ1) is 21.2. The minimum atomic E-state index is 0.660. The fourth-order valence-electron chi connectivity index (χ4n) is 6.78. The van der Waals surface area contributed by atoms with Crippen molar-refractivity contribution < 1.29 is 0 Å². The maximum Gasteiger partial charge on any atom is 0.0991 e. The van der Waals surface area contributed by atoms with Crippen LogP contribution in [0.3, 0.4) is 0 Å². The van der Waals surface area contributed by atoms with Crippen LogP contribution < -0.4 is 0 Å². The van der Waals surface area contributed by atoms with E-state index >= 15 is 0 Å². The van der Waals surface area contributed by atoms with Crippen LogP contribution in [-0.4, -0.2) is 9.13 Å². The van der Waals surface area contributed by atoms with Crippen LogP contribution in [-0.2, 0) is 0 Å². The Labute approximate surface area is 250 Å². The molecule has 9 aromatic rings. The van der Waals surface area contributed by atoms with Crippen LogP contribution in [0.4, 0.5) is 0 Å². The molecule has 5 heteroatoms. The van der Waals surface area contributed by atoms with Crippen LogP contribution in [0.2, 0.25) is 0 Å². The molecule has 0 aliphatic carbocycles. The van der Waals surface area contributed by atoms with Crippen molar-refractivity contribution in [2.75, 3.05) is 0 Å². The third-order valence-corrected chi connectivity index (χ3v) is 9.76. The summed E-state index contributed by atoms with van der Waals surface area (Å²) < 4.78 is 7.11. The fraction of sp³-hybridized carbons (Fsp3) is 0. The molecule has 0 atom stereocenters. The summed E-state index contributed by atoms with van der Waals surface area (Å²) in [6.07, 6.45) is 0. The molecule has 0 saturated heterocycles. The molecule has 3 heterocycles. The summed E-state index contributed by atoms with van der Waals surface area (Å²) in [6.45, 7) is 0. The second-order valence-corrected chi connectivity index (χ2v) is 11.9. The number of nitriles is 2. The number of aromatic nitrogens is 2. The van der Waals surface area contributed by atoms with Gasteiger partial charge in [0.1, 0.15) is 0 Å². The van der Waals surface area contributed by atoms with Gasteiger partial charge < -0.3 is 9.13 Å². The summed E-state index contributed by atoms with van der Waals surface area (Å²) in [5.74, 6) is 0. The van der Waals surface area contributed by atoms with Gasteiger partial charge in [-0.2, -0.15) is 10.5 Å². The molecule has 0 unspecified atom stereocenters. The van der Waals surface area contributed by atoms with Crippen LogP contribution in [0.25, 0.3) is 75.2 Å². The maximum absolute atomic E-state index is 9.62. The Balaban J connectivity index is 1.39. The molecule has 0 saturated carbocycles. The molecule has 0 aliphatic heterocycles. The molecule has 0 N–H and O–H groups in total. The van der Waals surface area contributed by atoms with Crippen LogP contribution in [0, 0.1) is 22.7 Å². The van der Waals surface area contributed by atoms with Gasteiger partial charge in [0.05, 0.1) is 61.4 Å². The lowest BCUT2D eigenvalue weighted by molar-refractivity contribution is 1.20. The van der Waals surface area contributed by atoms with Gasteiger partial charge in [-0.1, -0.05) is 54.6 Å². The summed E-state index contributed by atoms with van der Waals surface area (Å²) in [5, 5.41) is 26.1. The Hall–Kier alpha value is -5.88. The van der Waals surface area contributed by atoms with Crippen molar-refractivity contribution in [3.05, 3.63) is 132 Å². The quantitative estimate of drug-likeness (QED) is 0.210. The lowest BCUT2D eigenvalue weighted by Gasteiger charge is -2.11. The van der Waals surface area contributed by atoms with Crippen molar-refractivity contribution in [1.29, 1.82) is 10.5 Å². The van der Waals surface area contributed by atoms with E-state index in [4.69, 9.17) is 0 Å². The summed E-state index contributed by atoms with van der Waals surface area (Å²) >= 11 is 1.81. The maximum atomic E-state index is 9.62. The Morgan fingerprint density at radius 2 is 0.977 bits per heavy atom. The smallest absolute Gasteiger partial charge is 0.0991 e. The van der Waals surface area contributed by atoms with Gasteiger partial charge in [-0.05, 0) is 66.7 Å². The van der Waals surface area contributed by atoms with E-state index in [2.05, 4.69) is 118 Å². The number of nitrogens with zero attached hydrogens (tertiary/aromatic N) is 4. The normalized spacial score (nSPS) is 11.7. The molecule has 9 rings (SSSR count). The molecular weight excluding hydrogens is 545 g/mol. The molecule has 3 aromatic heterocycles. The van der Waals surface area contributed by atoms with E-state index in [0.717, 1.165) is 55.0 Å². The van der Waals surface area contributed by atoms with E-state index in [1.807, 2.05) is 35.6 Å². The van der Waals surface area contributed by atoms with Crippen molar-refractivity contribution in [1.82, 2.24) is 9.13 Å². The van der Waals surface area contributed by atoms with Gasteiger partial charge in [-0.15, -0.1) is 11.3 Å². The molecule has 0 amide bonds. The van der Waals surface area contributed by atoms with Gasteiger partial charge in [0.2, 0.25) is 0 Å². The number of benzene rings is 6. The highest BCUT2D eigenvalue weighted by molar-refractivity contribution is 7.26. The van der Waals surface area contributed by atoms with Gasteiger partial charge in [-0.3, -0.25) is 0 Å². The average molecular weight is 565 g/mol. The van der Waals surface area contributed by atoms with Crippen LogP contribution >= 0.6 is 11.3 Å². The number of hydrogen-bond donors (Lipinski definition) is 0. The van der Waals surface area contributed by atoms with Crippen molar-refractivity contribution >= 4 is 75.1 Å². The first kappa shape index (κ1) is 23.8. The molecule has 0 radical (unpaired) electrons. The third-order valence-electron chi connectivity index (χ3n) is 8.57. The highest BCUT2D eigenvalue weighted by Gasteiger charge is 2.20. The first-order valence-electron chi connectivity index (χ1n) is 14.1. The second-order valence-electron chi connectivity index (χ2n) is 10.8. The van der Waals surface area contributed by atoms with Gasteiger partial charge >= 0.3 is 0 Å². The SMILES string of the molecule is N#Cc1ccc2c(c1)c1ccccc1n2-c1cccc2c1sc1cccc(-n3c4ccccc4c4cc(C#N)ccc43)c12. The molecule has 0 spiro atoms. The zero-order valence-corrected chi connectivity index (χ0v) is 23.6. The minimum absolute atomic E-state index is 0.660. The minimum Gasteiger partial charge on any atom is -0.309 e. The highest BCUT2D eigenvalue weighted by Crippen LogP contribution is 2.44. The summed E-state index contributed by atoms with van der Waals surface area (Å²) in [5.41, 5.74) is 7.97. The fourth-order valence-corrected chi connectivity index (χ4v) is 8.01. The summed E-state index contributed by atoms with van der Waals surface area (Å²) in [7, 11) is 0. The highest BCUT2D eigenvalue weighted by atomic mass is 32.1. The molecule has 0 aliphatic rings. The lowest BCUT2D eigenvalue weighted by atomic mass is 10.1. The molecular formula is C38H20N4S. The van der Waals surface area contributed by atoms with E-state index in [9.17, 15) is 10.5 Å². The Kier molecular flexibility index (Phi) is 4.87. The van der Waals surface area contributed by atoms with Gasteiger partial charge in [-0.25, -0.2) is 0 Å². The van der Waals surface area contributed by atoms with Crippen LogP contribution in [0.1, 0.15) is 11.1 Å². The largest absolute Gasteiger partial charge is 0.309 e. The van der Waals surface area contributed by atoms with E-state index in [1.54, 1.807) is 0 Å². The average Bonchev–Trinajstić information content (AvgIpc) is 3.72. The molecule has 43 heavy (non-hydrogen) atoms. The third kappa shape index (κ3) is 3.23. The van der Waals surface area contributed by atoms with E-state index < -0.39 is 0 Å². The topological polar surface area (TPSA) is 57.4 Å². The molecule has 0 bridgehead atoms. The monoisotopic (exact) mass is 564 g/mol. The number of hydrogen-bond acceptors (Lipinski definition) is 3. The van der Waals surface area contributed by atoms with E-state index in [0.29, 0.717) is 11.1 Å². The molecule has 4 nitrogen and oxygen atoms in total. The van der Waals surface area contributed by atoms with Crippen molar-refractivity contribution in [3.63, 3.8) is 0 Å². The van der Waals surface area contributed by atoms with E-state index in [-0.39, 0.29) is 0 Å². The van der Waals surface area contributed by atoms with Gasteiger partial charge in [0, 0.05) is 37.0 Å². The van der Waals surface area contributed by atoms with Crippen molar-refractivity contribution in [3.8, 4) is 23.5 Å². The molecule has 6 aromatic carbocycles. The summed E-state index contributed by atoms with van der Waals surface area (Å²) in [6, 6.07) is 46.5. The Bertz CT molecular complexity index is 2710. The number of rotatable bonds is 2. The van der Waals surface area contributed by atoms with Crippen molar-refractivity contribution in [2.45, 2.75) is 0 Å². The molecule has 0 fully saturated rings. The zero-order valence-electron chi connectivity index (χ0n) is 22.7.